The summed E-state index contributed by atoms with van der Waals surface area (Å²) in [5.41, 5.74) is 15.0. The summed E-state index contributed by atoms with van der Waals surface area (Å²) in [6, 6.07) is 14.6. The zero-order valence-corrected chi connectivity index (χ0v) is 43.8. The third-order valence-electron chi connectivity index (χ3n) is 11.9. The van der Waals surface area contributed by atoms with E-state index in [4.69, 9.17) is 11.5 Å². The first-order valence-corrected chi connectivity index (χ1v) is 26.0. The van der Waals surface area contributed by atoms with Crippen LogP contribution in [0, 0.1) is 0 Å². The van der Waals surface area contributed by atoms with Gasteiger partial charge in [0.2, 0.25) is 41.4 Å². The summed E-state index contributed by atoms with van der Waals surface area (Å²) in [6.45, 7) is 2.23. The van der Waals surface area contributed by atoms with Crippen molar-refractivity contribution < 1.29 is 48.9 Å². The normalized spacial score (nSPS) is 22.2. The molecule has 5 rings (SSSR count). The van der Waals surface area contributed by atoms with E-state index in [0.29, 0.717) is 24.0 Å². The molecule has 3 aromatic carbocycles. The van der Waals surface area contributed by atoms with Crippen molar-refractivity contribution in [2.45, 2.75) is 113 Å². The van der Waals surface area contributed by atoms with Crippen molar-refractivity contribution in [2.75, 3.05) is 24.7 Å². The lowest BCUT2D eigenvalue weighted by atomic mass is 10.0. The van der Waals surface area contributed by atoms with Gasteiger partial charge in [-0.05, 0) is 68.8 Å². The molecular weight excluding hydrogens is 1020 g/mol. The van der Waals surface area contributed by atoms with Crippen LogP contribution in [0.1, 0.15) is 49.8 Å². The Bertz CT molecular complexity index is 2410. The largest absolute Gasteiger partial charge is 0.394 e. The molecule has 1 fully saturated rings. The first-order chi connectivity index (χ1) is 34.1. The van der Waals surface area contributed by atoms with Crippen molar-refractivity contribution in [1.29, 1.82) is 0 Å². The number of carbonyl (C=O) groups excluding carboxylic acids is 7. The van der Waals surface area contributed by atoms with Crippen molar-refractivity contribution in [3.8, 4) is 0 Å². The number of aromatic amines is 1. The highest BCUT2D eigenvalue weighted by Crippen LogP contribution is 2.24. The van der Waals surface area contributed by atoms with Crippen molar-refractivity contribution in [3.05, 3.63) is 108 Å². The smallest absolute Gasteiger partial charge is 0.245 e. The number of hydrogen-bond donors (Lipinski definition) is 13. The number of hydrogen-bond acceptors (Lipinski definition) is 14. The lowest BCUT2D eigenvalue weighted by molar-refractivity contribution is -0.136. The highest BCUT2D eigenvalue weighted by atomic mass is 35.5. The van der Waals surface area contributed by atoms with Crippen molar-refractivity contribution >= 4 is 98.7 Å². The number of unbranched alkanes of at least 4 members (excludes halogenated alkanes) is 1. The van der Waals surface area contributed by atoms with E-state index in [1.54, 1.807) is 60.8 Å². The van der Waals surface area contributed by atoms with E-state index in [0.717, 1.165) is 38.1 Å². The number of aliphatic hydroxyl groups is 3. The Hall–Kier alpha value is -5.43. The molecule has 7 amide bonds. The molecule has 1 aromatic heterocycles. The van der Waals surface area contributed by atoms with Crippen LogP contribution in [-0.4, -0.2) is 147 Å². The minimum atomic E-state index is -1.66. The number of aliphatic hydroxyl groups excluding tert-OH is 3. The number of rotatable bonds is 17. The molecule has 4 aromatic rings. The maximum Gasteiger partial charge on any atom is 0.245 e. The lowest BCUT2D eigenvalue weighted by Crippen LogP contribution is -2.62. The van der Waals surface area contributed by atoms with E-state index in [2.05, 4.69) is 42.2 Å². The minimum Gasteiger partial charge on any atom is -0.394 e. The third-order valence-corrected chi connectivity index (χ3v) is 14.3. The monoisotopic (exact) mass is 1090 g/mol. The van der Waals surface area contributed by atoms with Crippen LogP contribution in [0.4, 0.5) is 0 Å². The average molecular weight is 1090 g/mol. The van der Waals surface area contributed by atoms with Crippen LogP contribution >= 0.6 is 46.4 Å². The standard InChI is InChI=1S/C49H66N10O10S2.2ClH/c1-28(61)39(25-60)56-48(68)41-27-71-70-26-40(57-43(63)34(51)21-30-13-5-3-6-14-30)47(67)54-37(22-31-15-7-4-8-16-31)45(65)55-38(23-32-24-52-35-18-10-9-17-33(32)35)46(66)53-36(19-11-12-20-50)44(64)59-42(29(2)62)49(69)58-41;;/h3-10,13-18,24,28-29,34,36-42,52,60-62H,11-12,19-23,25-27,50-51H2,1-2H3,(H,53,66)(H,54,67)(H,55,65)(H,56,68)(H,57,63)(H,58,69)(H,59,64);2*1H/t28-,29-,34-,36?,37+,38-,39-,40?,41+,42+;;/m1../s1. The van der Waals surface area contributed by atoms with Gasteiger partial charge in [0, 0.05) is 41.4 Å². The zero-order chi connectivity index (χ0) is 51.5. The van der Waals surface area contributed by atoms with Crippen molar-refractivity contribution in [2.24, 2.45) is 11.5 Å². The van der Waals surface area contributed by atoms with Gasteiger partial charge in [-0.1, -0.05) is 100 Å². The summed E-state index contributed by atoms with van der Waals surface area (Å²) in [5, 5.41) is 50.5. The molecule has 10 atom stereocenters. The van der Waals surface area contributed by atoms with Gasteiger partial charge in [-0.15, -0.1) is 24.8 Å². The van der Waals surface area contributed by atoms with Gasteiger partial charge in [-0.3, -0.25) is 33.6 Å². The summed E-state index contributed by atoms with van der Waals surface area (Å²) in [5.74, 6) is -6.01. The summed E-state index contributed by atoms with van der Waals surface area (Å²) >= 11 is 0. The highest BCUT2D eigenvalue weighted by molar-refractivity contribution is 8.76. The minimum absolute atomic E-state index is 0. The molecular formula is C49H68Cl2N10O10S2. The number of nitrogens with one attached hydrogen (secondary N) is 8. The number of nitrogens with two attached hydrogens (primary N) is 2. The van der Waals surface area contributed by atoms with Crippen LogP contribution in [0.15, 0.2) is 91.1 Å². The molecule has 73 heavy (non-hydrogen) atoms. The Morgan fingerprint density at radius 2 is 1.29 bits per heavy atom. The Labute approximate surface area is 444 Å². The number of fused-ring (bicyclic) bond motifs is 1. The van der Waals surface area contributed by atoms with E-state index < -0.39 is 108 Å². The molecule has 20 nitrogen and oxygen atoms in total. The van der Waals surface area contributed by atoms with Gasteiger partial charge in [-0.2, -0.15) is 0 Å². The zero-order valence-electron chi connectivity index (χ0n) is 40.5. The molecule has 1 saturated heterocycles. The molecule has 2 heterocycles. The molecule has 0 bridgehead atoms. The Balaban J connectivity index is 0.00000703. The SMILES string of the molecule is C[C@@H](O)[C@@H]1NC(=O)C(CCCCN)NC(=O)[C@@H](Cc2c[nH]c3ccccc23)NC(=O)[C@H](Cc2ccccc2)NC(=O)C(NC(=O)[C@H](N)Cc2ccccc2)CSSC[C@@H](C(=O)N[C@H](CO)[C@@H](C)O)NC1=O.Cl.Cl. The number of amides is 7. The van der Waals surface area contributed by atoms with E-state index >= 15 is 0 Å². The summed E-state index contributed by atoms with van der Waals surface area (Å²) in [6.07, 6.45) is -0.156. The fourth-order valence-corrected chi connectivity index (χ4v) is 10.1. The lowest BCUT2D eigenvalue weighted by Gasteiger charge is -2.29. The predicted molar refractivity (Wildman–Crippen MR) is 287 cm³/mol. The molecule has 2 unspecified atom stereocenters. The fraction of sp³-hybridized carbons (Fsp3) is 0.449. The maximum atomic E-state index is 14.7. The second-order valence-corrected chi connectivity index (χ2v) is 20.0. The third kappa shape index (κ3) is 19.1. The molecule has 1 aliphatic heterocycles. The van der Waals surface area contributed by atoms with Crippen LogP contribution in [0.3, 0.4) is 0 Å². The predicted octanol–water partition coefficient (Wildman–Crippen LogP) is 0.0382. The average Bonchev–Trinajstić information content (AvgIpc) is 3.76. The van der Waals surface area contributed by atoms with E-state index in [1.807, 2.05) is 30.3 Å². The Morgan fingerprint density at radius 1 is 0.712 bits per heavy atom. The number of carbonyl (C=O) groups is 7. The molecule has 0 aliphatic carbocycles. The fourth-order valence-electron chi connectivity index (χ4n) is 7.73. The van der Waals surface area contributed by atoms with Crippen LogP contribution in [0.2, 0.25) is 0 Å². The second kappa shape index (κ2) is 31.3. The number of H-pyrrole nitrogens is 1. The first-order valence-electron chi connectivity index (χ1n) is 23.5. The van der Waals surface area contributed by atoms with Gasteiger partial charge in [0.25, 0.3) is 0 Å². The quantitative estimate of drug-likeness (QED) is 0.0491. The van der Waals surface area contributed by atoms with E-state index in [9.17, 15) is 48.9 Å². The van der Waals surface area contributed by atoms with Crippen LogP contribution in [0.25, 0.3) is 10.9 Å². The number of para-hydroxylation sites is 1. The summed E-state index contributed by atoms with van der Waals surface area (Å²) < 4.78 is 0. The molecule has 400 valence electrons. The van der Waals surface area contributed by atoms with E-state index in [1.165, 1.54) is 13.8 Å². The Kier molecular flexibility index (Phi) is 26.6. The van der Waals surface area contributed by atoms with Gasteiger partial charge in [-0.25, -0.2) is 0 Å². The van der Waals surface area contributed by atoms with Gasteiger partial charge < -0.3 is 69.0 Å². The van der Waals surface area contributed by atoms with Gasteiger partial charge in [0.1, 0.15) is 36.3 Å². The van der Waals surface area contributed by atoms with Gasteiger partial charge in [0.05, 0.1) is 30.9 Å². The van der Waals surface area contributed by atoms with Crippen LogP contribution in [-0.2, 0) is 52.8 Å². The van der Waals surface area contributed by atoms with Crippen molar-refractivity contribution in [1.82, 2.24) is 42.2 Å². The van der Waals surface area contributed by atoms with Crippen LogP contribution in [0.5, 0.6) is 0 Å². The second-order valence-electron chi connectivity index (χ2n) is 17.5. The molecule has 24 heteroatoms. The summed E-state index contributed by atoms with van der Waals surface area (Å²) in [4.78, 5) is 103. The molecule has 0 radical (unpaired) electrons. The number of aromatic nitrogens is 1. The van der Waals surface area contributed by atoms with E-state index in [-0.39, 0.29) is 68.5 Å². The van der Waals surface area contributed by atoms with Crippen LogP contribution < -0.4 is 48.7 Å². The topological polar surface area (TPSA) is 332 Å². The van der Waals surface area contributed by atoms with Crippen molar-refractivity contribution in [3.63, 3.8) is 0 Å². The first kappa shape index (κ1) is 61.9. The number of halogens is 2. The molecule has 1 aliphatic rings. The van der Waals surface area contributed by atoms with Gasteiger partial charge in [0.15, 0.2) is 0 Å². The Morgan fingerprint density at radius 3 is 1.92 bits per heavy atom. The maximum absolute atomic E-state index is 14.7. The molecule has 0 saturated carbocycles. The highest BCUT2D eigenvalue weighted by Gasteiger charge is 2.36. The molecule has 15 N–H and O–H groups in total. The molecule has 0 spiro atoms. The van der Waals surface area contributed by atoms with Gasteiger partial charge >= 0.3 is 0 Å². The number of benzene rings is 3. The summed E-state index contributed by atoms with van der Waals surface area (Å²) in [7, 11) is 2.06.